The van der Waals surface area contributed by atoms with Gasteiger partial charge in [0.25, 0.3) is 0 Å². The quantitative estimate of drug-likeness (QED) is 0.867. The average Bonchev–Trinajstić information content (AvgIpc) is 2.59. The number of nitrogens with zero attached hydrogens (tertiary/aromatic N) is 1. The second kappa shape index (κ2) is 4.91. The van der Waals surface area contributed by atoms with E-state index in [2.05, 4.69) is 15.9 Å². The molecule has 0 spiro atoms. The van der Waals surface area contributed by atoms with E-state index >= 15 is 0 Å². The first kappa shape index (κ1) is 13.1. The number of rotatable bonds is 3. The molecule has 0 aliphatic heterocycles. The zero-order valence-corrected chi connectivity index (χ0v) is 11.2. The Kier molecular flexibility index (Phi) is 4.02. The molecule has 0 saturated heterocycles. The minimum Gasteiger partial charge on any atom is -0.465 e. The lowest BCUT2D eigenvalue weighted by molar-refractivity contribution is 0.0904. The number of carbonyl (C=O) groups is 1. The van der Waals surface area contributed by atoms with Gasteiger partial charge in [-0.3, -0.25) is 4.90 Å². The summed E-state index contributed by atoms with van der Waals surface area (Å²) in [6.07, 6.45) is -0.940. The Bertz CT molecular complexity index is 368. The summed E-state index contributed by atoms with van der Waals surface area (Å²) in [6, 6.07) is 3.64. The van der Waals surface area contributed by atoms with Crippen LogP contribution in [0, 0.1) is 0 Å². The molecule has 1 heterocycles. The molecule has 0 fully saturated rings. The Morgan fingerprint density at radius 3 is 2.38 bits per heavy atom. The normalized spacial score (nSPS) is 11.5. The summed E-state index contributed by atoms with van der Waals surface area (Å²) >= 11 is 3.28. The number of halogens is 1. The van der Waals surface area contributed by atoms with Gasteiger partial charge in [0.05, 0.1) is 11.9 Å². The molecule has 0 saturated carbocycles. The molecule has 0 radical (unpaired) electrons. The van der Waals surface area contributed by atoms with Crippen LogP contribution in [0.5, 0.6) is 0 Å². The first-order valence-corrected chi connectivity index (χ1v) is 6.11. The minimum absolute atomic E-state index is 0.270. The Morgan fingerprint density at radius 2 is 2.00 bits per heavy atom. The molecule has 0 bridgehead atoms. The fourth-order valence-corrected chi connectivity index (χ4v) is 1.63. The van der Waals surface area contributed by atoms with E-state index in [0.717, 1.165) is 5.76 Å². The molecular weight excluding hydrogens is 274 g/mol. The van der Waals surface area contributed by atoms with E-state index in [1.54, 1.807) is 6.07 Å². The third-order valence-electron chi connectivity index (χ3n) is 2.20. The topological polar surface area (TPSA) is 53.7 Å². The van der Waals surface area contributed by atoms with Gasteiger partial charge in [0.2, 0.25) is 0 Å². The zero-order chi connectivity index (χ0) is 12.3. The number of hydrogen-bond acceptors (Lipinski definition) is 2. The van der Waals surface area contributed by atoms with Crippen LogP contribution in [0.2, 0.25) is 0 Å². The van der Waals surface area contributed by atoms with Gasteiger partial charge in [-0.05, 0) is 32.9 Å². The first-order valence-electron chi connectivity index (χ1n) is 4.98. The molecular formula is C11H16BrNO3. The van der Waals surface area contributed by atoms with Crippen molar-refractivity contribution < 1.29 is 14.3 Å². The van der Waals surface area contributed by atoms with Crippen LogP contribution >= 0.6 is 15.9 Å². The SMILES string of the molecule is CC(C)(C)N(Cc1ccc(CBr)o1)C(=O)O. The fraction of sp³-hybridized carbons (Fsp3) is 0.545. The molecule has 4 nitrogen and oxygen atoms in total. The standard InChI is InChI=1S/C11H16BrNO3/c1-11(2,3)13(10(14)15)7-9-5-4-8(6-12)16-9/h4-5H,6-7H2,1-3H3,(H,14,15). The van der Waals surface area contributed by atoms with Crippen molar-refractivity contribution in [2.24, 2.45) is 0 Å². The van der Waals surface area contributed by atoms with Crippen molar-refractivity contribution in [3.8, 4) is 0 Å². The Labute approximate surface area is 103 Å². The first-order chi connectivity index (χ1) is 7.34. The third kappa shape index (κ3) is 3.27. The van der Waals surface area contributed by atoms with Crippen LogP contribution in [0.15, 0.2) is 16.5 Å². The van der Waals surface area contributed by atoms with Gasteiger partial charge < -0.3 is 9.52 Å². The number of hydrogen-bond donors (Lipinski definition) is 1. The lowest BCUT2D eigenvalue weighted by Crippen LogP contribution is -2.44. The molecule has 0 aromatic carbocycles. The van der Waals surface area contributed by atoms with Crippen LogP contribution in [0.3, 0.4) is 0 Å². The number of carboxylic acid groups (broad SMARTS) is 1. The summed E-state index contributed by atoms with van der Waals surface area (Å²) in [5.41, 5.74) is -0.437. The second-order valence-electron chi connectivity index (χ2n) is 4.54. The molecule has 0 unspecified atom stereocenters. The van der Waals surface area contributed by atoms with E-state index in [-0.39, 0.29) is 6.54 Å². The van der Waals surface area contributed by atoms with Crippen molar-refractivity contribution in [1.82, 2.24) is 4.90 Å². The summed E-state index contributed by atoms with van der Waals surface area (Å²) < 4.78 is 5.46. The van der Waals surface area contributed by atoms with Gasteiger partial charge in [-0.25, -0.2) is 4.79 Å². The molecule has 1 aromatic heterocycles. The van der Waals surface area contributed by atoms with E-state index < -0.39 is 11.6 Å². The molecule has 0 aliphatic carbocycles. The molecule has 1 rings (SSSR count). The Morgan fingerprint density at radius 1 is 1.44 bits per heavy atom. The highest BCUT2D eigenvalue weighted by atomic mass is 79.9. The Hall–Kier alpha value is -0.970. The maximum Gasteiger partial charge on any atom is 0.408 e. The van der Waals surface area contributed by atoms with Crippen LogP contribution < -0.4 is 0 Å². The fourth-order valence-electron chi connectivity index (χ4n) is 1.33. The molecule has 1 aromatic rings. The largest absolute Gasteiger partial charge is 0.465 e. The van der Waals surface area contributed by atoms with Gasteiger partial charge >= 0.3 is 6.09 Å². The van der Waals surface area contributed by atoms with Crippen molar-refractivity contribution in [3.05, 3.63) is 23.7 Å². The van der Waals surface area contributed by atoms with Crippen LogP contribution in [-0.2, 0) is 11.9 Å². The van der Waals surface area contributed by atoms with E-state index in [4.69, 9.17) is 9.52 Å². The predicted molar refractivity (Wildman–Crippen MR) is 64.7 cm³/mol. The highest BCUT2D eigenvalue weighted by Crippen LogP contribution is 2.19. The second-order valence-corrected chi connectivity index (χ2v) is 5.10. The van der Waals surface area contributed by atoms with Crippen molar-refractivity contribution in [3.63, 3.8) is 0 Å². The summed E-state index contributed by atoms with van der Waals surface area (Å²) in [6.45, 7) is 5.84. The maximum atomic E-state index is 11.1. The maximum absolute atomic E-state index is 11.1. The van der Waals surface area contributed by atoms with Crippen LogP contribution in [0.1, 0.15) is 32.3 Å². The van der Waals surface area contributed by atoms with Crippen LogP contribution in [0.25, 0.3) is 0 Å². The average molecular weight is 290 g/mol. The van der Waals surface area contributed by atoms with E-state index in [0.29, 0.717) is 11.1 Å². The number of furan rings is 1. The third-order valence-corrected chi connectivity index (χ3v) is 2.76. The zero-order valence-electron chi connectivity index (χ0n) is 9.66. The van der Waals surface area contributed by atoms with E-state index in [1.165, 1.54) is 4.90 Å². The van der Waals surface area contributed by atoms with Gasteiger partial charge in [-0.15, -0.1) is 0 Å². The van der Waals surface area contributed by atoms with Crippen molar-refractivity contribution in [2.45, 2.75) is 38.2 Å². The molecule has 0 aliphatic rings. The molecule has 1 N–H and O–H groups in total. The van der Waals surface area contributed by atoms with Crippen molar-refractivity contribution >= 4 is 22.0 Å². The lowest BCUT2D eigenvalue weighted by atomic mass is 10.1. The molecule has 1 amide bonds. The van der Waals surface area contributed by atoms with Crippen molar-refractivity contribution in [1.29, 1.82) is 0 Å². The van der Waals surface area contributed by atoms with Gasteiger partial charge in [-0.1, -0.05) is 15.9 Å². The van der Waals surface area contributed by atoms with Gasteiger partial charge in [-0.2, -0.15) is 0 Å². The molecule has 90 valence electrons. The highest BCUT2D eigenvalue weighted by molar-refractivity contribution is 9.08. The van der Waals surface area contributed by atoms with Gasteiger partial charge in [0.15, 0.2) is 0 Å². The smallest absolute Gasteiger partial charge is 0.408 e. The summed E-state index contributed by atoms with van der Waals surface area (Å²) in [5, 5.41) is 9.74. The van der Waals surface area contributed by atoms with Crippen LogP contribution in [0.4, 0.5) is 4.79 Å². The molecule has 16 heavy (non-hydrogen) atoms. The van der Waals surface area contributed by atoms with E-state index in [1.807, 2.05) is 26.8 Å². The lowest BCUT2D eigenvalue weighted by Gasteiger charge is -2.32. The molecule has 5 heteroatoms. The van der Waals surface area contributed by atoms with Gasteiger partial charge in [0, 0.05) is 5.54 Å². The summed E-state index contributed by atoms with van der Waals surface area (Å²) in [7, 11) is 0. The Balaban J connectivity index is 2.80. The predicted octanol–water partition coefficient (Wildman–Crippen LogP) is 3.45. The highest BCUT2D eigenvalue weighted by Gasteiger charge is 2.26. The van der Waals surface area contributed by atoms with Crippen LogP contribution in [-0.4, -0.2) is 21.6 Å². The van der Waals surface area contributed by atoms with Gasteiger partial charge in [0.1, 0.15) is 11.5 Å². The summed E-state index contributed by atoms with van der Waals surface area (Å²) in [4.78, 5) is 12.5. The van der Waals surface area contributed by atoms with Crippen molar-refractivity contribution in [2.75, 3.05) is 0 Å². The monoisotopic (exact) mass is 289 g/mol. The summed E-state index contributed by atoms with van der Waals surface area (Å²) in [5.74, 6) is 1.46. The van der Waals surface area contributed by atoms with E-state index in [9.17, 15) is 4.79 Å². The molecule has 0 atom stereocenters. The minimum atomic E-state index is -0.940. The number of alkyl halides is 1. The number of amides is 1.